The Morgan fingerprint density at radius 1 is 1.15 bits per heavy atom. The molecule has 0 fully saturated rings. The molecule has 4 rings (SSSR count). The first-order chi connectivity index (χ1) is 16.2. The fourth-order valence-electron chi connectivity index (χ4n) is 3.74. The molecule has 1 aliphatic rings. The number of halogens is 4. The molecule has 0 saturated heterocycles. The number of carbonyl (C=O) groups is 1. The van der Waals surface area contributed by atoms with E-state index in [2.05, 4.69) is 20.3 Å². The van der Waals surface area contributed by atoms with E-state index < -0.39 is 34.8 Å². The van der Waals surface area contributed by atoms with E-state index in [0.717, 1.165) is 18.2 Å². The topological polar surface area (TPSA) is 115 Å². The maximum atomic E-state index is 13.9. The molecule has 0 amide bonds. The molecule has 0 bridgehead atoms. The Bertz CT molecular complexity index is 1310. The summed E-state index contributed by atoms with van der Waals surface area (Å²) in [5.41, 5.74) is -0.306. The standard InChI is InChI=1S/C22H16F4N6O2/c23-19-15(21(33)34)3-4-18(30-19)31-20-14-5-7-32(8-6-17(14)28-11-29-20)13-2-1-12(10-27)16(9-13)22(24,25)26/h1-4,9,11H,5-8H2,(H,33,34)(H,28,29,30,31). The second-order valence-corrected chi connectivity index (χ2v) is 7.44. The highest BCUT2D eigenvalue weighted by atomic mass is 19.4. The smallest absolute Gasteiger partial charge is 0.417 e. The number of carboxylic acids is 1. The number of pyridine rings is 1. The maximum Gasteiger partial charge on any atom is 0.417 e. The number of rotatable bonds is 4. The summed E-state index contributed by atoms with van der Waals surface area (Å²) in [5.74, 6) is -2.20. The SMILES string of the molecule is N#Cc1ccc(N2CCc3ncnc(Nc4ccc(C(=O)O)c(F)n4)c3CC2)cc1C(F)(F)F. The van der Waals surface area contributed by atoms with Crippen molar-refractivity contribution in [1.82, 2.24) is 15.0 Å². The number of fused-ring (bicyclic) bond motifs is 1. The van der Waals surface area contributed by atoms with Gasteiger partial charge in [0.2, 0.25) is 5.95 Å². The van der Waals surface area contributed by atoms with Crippen molar-refractivity contribution in [2.24, 2.45) is 0 Å². The third-order valence-electron chi connectivity index (χ3n) is 5.40. The van der Waals surface area contributed by atoms with Crippen molar-refractivity contribution in [1.29, 1.82) is 5.26 Å². The first kappa shape index (κ1) is 22.9. The molecular weight excluding hydrogens is 456 g/mol. The lowest BCUT2D eigenvalue weighted by Gasteiger charge is -2.24. The third kappa shape index (κ3) is 4.59. The zero-order valence-electron chi connectivity index (χ0n) is 17.4. The van der Waals surface area contributed by atoms with Crippen molar-refractivity contribution in [3.63, 3.8) is 0 Å². The van der Waals surface area contributed by atoms with E-state index in [1.165, 1.54) is 18.5 Å². The van der Waals surface area contributed by atoms with Crippen LogP contribution in [0.5, 0.6) is 0 Å². The highest BCUT2D eigenvalue weighted by Gasteiger charge is 2.34. The van der Waals surface area contributed by atoms with Crippen molar-refractivity contribution in [3.8, 4) is 6.07 Å². The quantitative estimate of drug-likeness (QED) is 0.433. The summed E-state index contributed by atoms with van der Waals surface area (Å²) >= 11 is 0. The summed E-state index contributed by atoms with van der Waals surface area (Å²) < 4.78 is 54.1. The van der Waals surface area contributed by atoms with Gasteiger partial charge in [0.1, 0.15) is 23.5 Å². The molecule has 174 valence electrons. The zero-order valence-corrected chi connectivity index (χ0v) is 17.4. The van der Waals surface area contributed by atoms with Crippen LogP contribution in [0.15, 0.2) is 36.7 Å². The van der Waals surface area contributed by atoms with Crippen LogP contribution in [-0.2, 0) is 19.0 Å². The fraction of sp³-hybridized carbons (Fsp3) is 0.227. The van der Waals surface area contributed by atoms with E-state index in [1.54, 1.807) is 11.0 Å². The van der Waals surface area contributed by atoms with Gasteiger partial charge < -0.3 is 15.3 Å². The number of hydrogen-bond acceptors (Lipinski definition) is 7. The molecular formula is C22H16F4N6O2. The average Bonchev–Trinajstić information content (AvgIpc) is 3.01. The predicted molar refractivity (Wildman–Crippen MR) is 112 cm³/mol. The van der Waals surface area contributed by atoms with Gasteiger partial charge in [-0.2, -0.15) is 22.8 Å². The van der Waals surface area contributed by atoms with Crippen LogP contribution in [-0.4, -0.2) is 39.1 Å². The van der Waals surface area contributed by atoms with Gasteiger partial charge in [-0.05, 0) is 36.8 Å². The van der Waals surface area contributed by atoms with Gasteiger partial charge in [-0.1, -0.05) is 0 Å². The van der Waals surface area contributed by atoms with Gasteiger partial charge >= 0.3 is 12.1 Å². The summed E-state index contributed by atoms with van der Waals surface area (Å²) in [7, 11) is 0. The average molecular weight is 472 g/mol. The molecule has 3 heterocycles. The molecule has 3 aromatic rings. The third-order valence-corrected chi connectivity index (χ3v) is 5.40. The summed E-state index contributed by atoms with van der Waals surface area (Å²) in [6, 6.07) is 7.56. The monoisotopic (exact) mass is 472 g/mol. The minimum absolute atomic E-state index is 0.0476. The van der Waals surface area contributed by atoms with E-state index >= 15 is 0 Å². The number of hydrogen-bond donors (Lipinski definition) is 2. The van der Waals surface area contributed by atoms with E-state index in [4.69, 9.17) is 10.4 Å². The van der Waals surface area contributed by atoms with Gasteiger partial charge in [0.05, 0.1) is 22.9 Å². The van der Waals surface area contributed by atoms with Gasteiger partial charge in [-0.3, -0.25) is 0 Å². The molecule has 1 aromatic carbocycles. The number of aromatic nitrogens is 3. The van der Waals surface area contributed by atoms with Gasteiger partial charge in [-0.15, -0.1) is 0 Å². The number of aromatic carboxylic acids is 1. The van der Waals surface area contributed by atoms with Gasteiger partial charge in [0.15, 0.2) is 0 Å². The number of carboxylic acid groups (broad SMARTS) is 1. The molecule has 0 unspecified atom stereocenters. The number of benzene rings is 1. The number of nitrogens with zero attached hydrogens (tertiary/aromatic N) is 5. The highest BCUT2D eigenvalue weighted by molar-refractivity contribution is 5.87. The number of nitriles is 1. The molecule has 0 atom stereocenters. The minimum atomic E-state index is -4.66. The van der Waals surface area contributed by atoms with Crippen molar-refractivity contribution in [3.05, 3.63) is 70.6 Å². The second kappa shape index (κ2) is 8.93. The van der Waals surface area contributed by atoms with E-state index in [1.807, 2.05) is 0 Å². The summed E-state index contributed by atoms with van der Waals surface area (Å²) in [5, 5.41) is 20.8. The van der Waals surface area contributed by atoms with Crippen LogP contribution in [0.4, 0.5) is 34.9 Å². The summed E-state index contributed by atoms with van der Waals surface area (Å²) in [4.78, 5) is 24.8. The summed E-state index contributed by atoms with van der Waals surface area (Å²) in [6.07, 6.45) is -2.57. The Balaban J connectivity index is 1.58. The van der Waals surface area contributed by atoms with Crippen molar-refractivity contribution in [2.45, 2.75) is 19.0 Å². The van der Waals surface area contributed by atoms with Gasteiger partial charge in [0, 0.05) is 30.8 Å². The van der Waals surface area contributed by atoms with Crippen LogP contribution in [0.25, 0.3) is 0 Å². The molecule has 8 nitrogen and oxygen atoms in total. The van der Waals surface area contributed by atoms with E-state index in [9.17, 15) is 22.4 Å². The maximum absolute atomic E-state index is 13.9. The fourth-order valence-corrected chi connectivity index (χ4v) is 3.74. The first-order valence-corrected chi connectivity index (χ1v) is 10.0. The Morgan fingerprint density at radius 2 is 1.91 bits per heavy atom. The molecule has 0 aliphatic carbocycles. The molecule has 0 spiro atoms. The molecule has 0 saturated carbocycles. The molecule has 1 aliphatic heterocycles. The van der Waals surface area contributed by atoms with Crippen LogP contribution >= 0.6 is 0 Å². The van der Waals surface area contributed by atoms with Crippen LogP contribution in [0, 0.1) is 17.3 Å². The Kier molecular flexibility index (Phi) is 6.02. The number of alkyl halides is 3. The molecule has 2 N–H and O–H groups in total. The number of anilines is 3. The largest absolute Gasteiger partial charge is 0.478 e. The van der Waals surface area contributed by atoms with Crippen LogP contribution in [0.2, 0.25) is 0 Å². The summed E-state index contributed by atoms with van der Waals surface area (Å²) in [6.45, 7) is 0.727. The van der Waals surface area contributed by atoms with Crippen LogP contribution < -0.4 is 10.2 Å². The lowest BCUT2D eigenvalue weighted by molar-refractivity contribution is -0.137. The molecule has 2 aromatic heterocycles. The molecule has 34 heavy (non-hydrogen) atoms. The van der Waals surface area contributed by atoms with Gasteiger partial charge in [-0.25, -0.2) is 19.7 Å². The Labute approximate surface area is 190 Å². The minimum Gasteiger partial charge on any atom is -0.478 e. The highest BCUT2D eigenvalue weighted by Crippen LogP contribution is 2.35. The van der Waals surface area contributed by atoms with Crippen LogP contribution in [0.3, 0.4) is 0 Å². The molecule has 12 heteroatoms. The van der Waals surface area contributed by atoms with E-state index in [0.29, 0.717) is 48.7 Å². The Hall–Kier alpha value is -4.27. The molecule has 0 radical (unpaired) electrons. The van der Waals surface area contributed by atoms with Crippen molar-refractivity contribution < 1.29 is 27.5 Å². The van der Waals surface area contributed by atoms with E-state index in [-0.39, 0.29) is 5.82 Å². The predicted octanol–water partition coefficient (Wildman–Crippen LogP) is 3.95. The lowest BCUT2D eigenvalue weighted by Crippen LogP contribution is -2.26. The van der Waals surface area contributed by atoms with Crippen LogP contribution in [0.1, 0.15) is 32.7 Å². The van der Waals surface area contributed by atoms with Crippen molar-refractivity contribution >= 4 is 23.3 Å². The normalized spacial score (nSPS) is 13.6. The Morgan fingerprint density at radius 3 is 2.59 bits per heavy atom. The van der Waals surface area contributed by atoms with Crippen molar-refractivity contribution in [2.75, 3.05) is 23.3 Å². The van der Waals surface area contributed by atoms with Gasteiger partial charge in [0.25, 0.3) is 0 Å². The lowest BCUT2D eigenvalue weighted by atomic mass is 10.1. The first-order valence-electron chi connectivity index (χ1n) is 10.0. The second-order valence-electron chi connectivity index (χ2n) is 7.44. The number of nitrogens with one attached hydrogen (secondary N) is 1. The zero-order chi connectivity index (χ0) is 24.5.